The monoisotopic (exact) mass is 777 g/mol. The van der Waals surface area contributed by atoms with Gasteiger partial charge in [0.2, 0.25) is 6.71 Å². The molecule has 3 nitrogen and oxygen atoms in total. The van der Waals surface area contributed by atoms with Crippen LogP contribution in [-0.2, 0) is 5.41 Å². The van der Waals surface area contributed by atoms with Crippen molar-refractivity contribution in [1.29, 1.82) is 0 Å². The topological polar surface area (TPSA) is 31.2 Å². The Balaban J connectivity index is 1.25. The van der Waals surface area contributed by atoms with E-state index >= 15 is 0 Å². The number of furan rings is 2. The Hall–Kier alpha value is -7.56. The molecule has 4 heteroatoms. The van der Waals surface area contributed by atoms with Crippen LogP contribution in [0.5, 0.6) is 0 Å². The minimum Gasteiger partial charge on any atom is -0.456 e. The van der Waals surface area contributed by atoms with Crippen LogP contribution >= 0.6 is 0 Å². The van der Waals surface area contributed by atoms with Crippen LogP contribution in [-0.4, -0.2) is 11.3 Å². The quantitative estimate of drug-likeness (QED) is 0.167. The van der Waals surface area contributed by atoms with Crippen LogP contribution in [0.15, 0.2) is 191 Å². The summed E-state index contributed by atoms with van der Waals surface area (Å²) in [6.07, 6.45) is 0. The first-order chi connectivity index (χ1) is 30.0. The number of fused-ring (bicyclic) bond motifs is 9. The standard InChI is InChI=1S/C57H36BNO2/c1-57(2)41-25-16-26-43-54(41)59-55-42(57)31-47-49(37-23-12-14-27-45(37)60-47)51(55)52-50-38-24-13-15-28-46(38)61-48(50)32-44(56(52)59)58(43)53-39(34-19-8-4-9-20-34)29-36(33-17-6-3-7-18-33)30-40(53)35-21-10-5-11-22-35/h3-32H,1-2H3. The van der Waals surface area contributed by atoms with Gasteiger partial charge in [0.1, 0.15) is 22.3 Å². The van der Waals surface area contributed by atoms with Gasteiger partial charge < -0.3 is 13.4 Å². The van der Waals surface area contributed by atoms with E-state index in [0.29, 0.717) is 0 Å². The molecule has 0 atom stereocenters. The molecular weight excluding hydrogens is 741 g/mol. The first-order valence-electron chi connectivity index (χ1n) is 21.3. The lowest BCUT2D eigenvalue weighted by molar-refractivity contribution is 0.625. The zero-order chi connectivity index (χ0) is 40.1. The fourth-order valence-corrected chi connectivity index (χ4v) is 11.4. The summed E-state index contributed by atoms with van der Waals surface area (Å²) in [4.78, 5) is 0. The van der Waals surface area contributed by atoms with Crippen LogP contribution < -0.4 is 16.4 Å². The summed E-state index contributed by atoms with van der Waals surface area (Å²) < 4.78 is 16.5. The zero-order valence-corrected chi connectivity index (χ0v) is 33.7. The van der Waals surface area contributed by atoms with Gasteiger partial charge >= 0.3 is 0 Å². The molecule has 0 fully saturated rings. The number of nitrogens with zero attached hydrogens (tertiary/aromatic N) is 1. The number of hydrogen-bond acceptors (Lipinski definition) is 2. The molecule has 284 valence electrons. The number of hydrogen-bond donors (Lipinski definition) is 0. The van der Waals surface area contributed by atoms with E-state index in [2.05, 4.69) is 200 Å². The van der Waals surface area contributed by atoms with E-state index < -0.39 is 0 Å². The summed E-state index contributed by atoms with van der Waals surface area (Å²) in [5.41, 5.74) is 20.8. The Morgan fingerprint density at radius 3 is 1.54 bits per heavy atom. The third-order valence-corrected chi connectivity index (χ3v) is 14.0. The van der Waals surface area contributed by atoms with Gasteiger partial charge in [0.05, 0.1) is 11.0 Å². The predicted molar refractivity (Wildman–Crippen MR) is 255 cm³/mol. The number of para-hydroxylation sites is 3. The fraction of sp³-hybridized carbons (Fsp3) is 0.0526. The summed E-state index contributed by atoms with van der Waals surface area (Å²) >= 11 is 0. The third kappa shape index (κ3) is 4.29. The van der Waals surface area contributed by atoms with Crippen molar-refractivity contribution in [3.8, 4) is 39.1 Å². The highest BCUT2D eigenvalue weighted by Gasteiger charge is 2.45. The molecule has 3 aromatic heterocycles. The Kier molecular flexibility index (Phi) is 6.44. The van der Waals surface area contributed by atoms with Crippen molar-refractivity contribution in [3.05, 3.63) is 193 Å². The van der Waals surface area contributed by atoms with E-state index in [1.54, 1.807) is 0 Å². The molecule has 0 saturated heterocycles. The molecule has 0 N–H and O–H groups in total. The SMILES string of the molecule is CC1(C)c2cccc3c2-n2c4c(cc5oc6ccccc6c5c4c4c5c(cc1c42)oc1ccccc15)B3c1c(-c2ccccc2)cc(-c2ccccc2)cc1-c1ccccc1. The normalized spacial score (nSPS) is 13.8. The Morgan fingerprint density at radius 2 is 0.934 bits per heavy atom. The van der Waals surface area contributed by atoms with E-state index in [9.17, 15) is 0 Å². The Labute approximate surface area is 352 Å². The molecule has 2 aliphatic rings. The summed E-state index contributed by atoms with van der Waals surface area (Å²) in [6.45, 7) is 4.66. The van der Waals surface area contributed by atoms with Gasteiger partial charge in [-0.3, -0.25) is 0 Å². The molecule has 0 saturated carbocycles. The maximum absolute atomic E-state index is 7.00. The first kappa shape index (κ1) is 33.3. The summed E-state index contributed by atoms with van der Waals surface area (Å²) in [7, 11) is 0. The molecule has 2 aliphatic heterocycles. The molecule has 0 spiro atoms. The Morgan fingerprint density at radius 1 is 0.410 bits per heavy atom. The van der Waals surface area contributed by atoms with Crippen LogP contribution in [0.2, 0.25) is 0 Å². The lowest BCUT2D eigenvalue weighted by Crippen LogP contribution is -2.58. The molecule has 5 heterocycles. The molecule has 0 amide bonds. The lowest BCUT2D eigenvalue weighted by atomic mass is 9.33. The van der Waals surface area contributed by atoms with Crippen LogP contribution in [0.1, 0.15) is 25.0 Å². The van der Waals surface area contributed by atoms with E-state index in [1.165, 1.54) is 93.8 Å². The van der Waals surface area contributed by atoms with Crippen molar-refractivity contribution < 1.29 is 8.83 Å². The second-order valence-corrected chi connectivity index (χ2v) is 17.5. The smallest absolute Gasteiger partial charge is 0.248 e. The maximum atomic E-state index is 7.00. The van der Waals surface area contributed by atoms with Crippen molar-refractivity contribution in [2.75, 3.05) is 0 Å². The summed E-state index contributed by atoms with van der Waals surface area (Å²) in [6, 6.07) is 66.6. The minimum absolute atomic E-state index is 0.143. The highest BCUT2D eigenvalue weighted by molar-refractivity contribution is 6.99. The lowest BCUT2D eigenvalue weighted by Gasteiger charge is -2.39. The van der Waals surface area contributed by atoms with Crippen LogP contribution in [0.25, 0.3) is 105 Å². The first-order valence-corrected chi connectivity index (χ1v) is 21.3. The molecule has 12 aromatic rings. The van der Waals surface area contributed by atoms with Gasteiger partial charge in [-0.25, -0.2) is 0 Å². The minimum atomic E-state index is -0.331. The molecule has 9 aromatic carbocycles. The fourth-order valence-electron chi connectivity index (χ4n) is 11.4. The molecule has 0 unspecified atom stereocenters. The van der Waals surface area contributed by atoms with E-state index in [1.807, 2.05) is 0 Å². The van der Waals surface area contributed by atoms with Gasteiger partial charge in [-0.1, -0.05) is 165 Å². The van der Waals surface area contributed by atoms with Crippen molar-refractivity contribution in [2.24, 2.45) is 0 Å². The third-order valence-electron chi connectivity index (χ3n) is 14.0. The predicted octanol–water partition coefficient (Wildman–Crippen LogP) is 13.1. The highest BCUT2D eigenvalue weighted by atomic mass is 16.3. The van der Waals surface area contributed by atoms with Crippen LogP contribution in [0, 0.1) is 0 Å². The second-order valence-electron chi connectivity index (χ2n) is 17.5. The van der Waals surface area contributed by atoms with Crippen molar-refractivity contribution >= 4 is 88.8 Å². The number of benzene rings is 9. The molecule has 0 radical (unpaired) electrons. The van der Waals surface area contributed by atoms with Gasteiger partial charge in [0.25, 0.3) is 0 Å². The van der Waals surface area contributed by atoms with E-state index in [0.717, 1.165) is 38.5 Å². The average molecular weight is 778 g/mol. The average Bonchev–Trinajstić information content (AvgIpc) is 3.99. The van der Waals surface area contributed by atoms with Crippen molar-refractivity contribution in [1.82, 2.24) is 4.57 Å². The second kappa shape index (κ2) is 11.8. The maximum Gasteiger partial charge on any atom is 0.248 e. The highest BCUT2D eigenvalue weighted by Crippen LogP contribution is 2.53. The van der Waals surface area contributed by atoms with Gasteiger partial charge in [-0.05, 0) is 91.8 Å². The van der Waals surface area contributed by atoms with Gasteiger partial charge in [0, 0.05) is 43.4 Å². The van der Waals surface area contributed by atoms with Crippen LogP contribution in [0.4, 0.5) is 0 Å². The van der Waals surface area contributed by atoms with Gasteiger partial charge in [-0.2, -0.15) is 0 Å². The molecular formula is C57H36BNO2. The van der Waals surface area contributed by atoms with E-state index in [-0.39, 0.29) is 12.1 Å². The Bertz CT molecular complexity index is 3770. The summed E-state index contributed by atoms with van der Waals surface area (Å²) in [5.74, 6) is 0. The number of rotatable bonds is 4. The molecule has 0 aliphatic carbocycles. The number of aromatic nitrogens is 1. The molecule has 14 rings (SSSR count). The molecule has 0 bridgehead atoms. The summed E-state index contributed by atoms with van der Waals surface area (Å²) in [5, 5.41) is 7.07. The van der Waals surface area contributed by atoms with Crippen LogP contribution in [0.3, 0.4) is 0 Å². The van der Waals surface area contributed by atoms with Gasteiger partial charge in [0.15, 0.2) is 0 Å². The largest absolute Gasteiger partial charge is 0.456 e. The zero-order valence-electron chi connectivity index (χ0n) is 33.7. The van der Waals surface area contributed by atoms with Gasteiger partial charge in [-0.15, -0.1) is 0 Å². The molecule has 61 heavy (non-hydrogen) atoms. The van der Waals surface area contributed by atoms with Crippen molar-refractivity contribution in [2.45, 2.75) is 19.3 Å². The van der Waals surface area contributed by atoms with E-state index in [4.69, 9.17) is 8.83 Å². The van der Waals surface area contributed by atoms with Crippen molar-refractivity contribution in [3.63, 3.8) is 0 Å².